The van der Waals surface area contributed by atoms with Crippen LogP contribution in [-0.4, -0.2) is 13.1 Å². The lowest BCUT2D eigenvalue weighted by Gasteiger charge is -2.27. The molecule has 0 aromatic heterocycles. The van der Waals surface area contributed by atoms with E-state index in [4.69, 9.17) is 0 Å². The van der Waals surface area contributed by atoms with Crippen molar-refractivity contribution in [3.8, 4) is 0 Å². The fourth-order valence-corrected chi connectivity index (χ4v) is 2.34. The highest BCUT2D eigenvalue weighted by Crippen LogP contribution is 2.22. The number of aryl methyl sites for hydroxylation is 1. The maximum atomic E-state index is 3.33. The Balaban J connectivity index is 2.10. The predicted molar refractivity (Wildman–Crippen MR) is 65.3 cm³/mol. The summed E-state index contributed by atoms with van der Waals surface area (Å²) >= 11 is 0. The van der Waals surface area contributed by atoms with Gasteiger partial charge in [0.1, 0.15) is 0 Å². The largest absolute Gasteiger partial charge is 0.316 e. The van der Waals surface area contributed by atoms with Gasteiger partial charge in [0.25, 0.3) is 0 Å². The monoisotopic (exact) mass is 203 g/mol. The summed E-state index contributed by atoms with van der Waals surface area (Å²) in [6.07, 6.45) is 1.24. The minimum absolute atomic E-state index is 0.643. The molecule has 1 heteroatoms. The van der Waals surface area contributed by atoms with Crippen LogP contribution in [-0.2, 0) is 6.42 Å². The van der Waals surface area contributed by atoms with Crippen molar-refractivity contribution < 1.29 is 0 Å². The predicted octanol–water partition coefficient (Wildman–Crippen LogP) is 2.88. The van der Waals surface area contributed by atoms with Crippen molar-refractivity contribution in [2.24, 2.45) is 5.92 Å². The quantitative estimate of drug-likeness (QED) is 0.796. The highest BCUT2D eigenvalue weighted by molar-refractivity contribution is 5.33. The minimum Gasteiger partial charge on any atom is -0.316 e. The molecule has 0 bridgehead atoms. The van der Waals surface area contributed by atoms with Gasteiger partial charge in [0.05, 0.1) is 0 Å². The maximum absolute atomic E-state index is 3.33. The Morgan fingerprint density at radius 3 is 2.53 bits per heavy atom. The van der Waals surface area contributed by atoms with Crippen molar-refractivity contribution in [2.45, 2.75) is 33.1 Å². The minimum atomic E-state index is 0.643. The first-order valence-electron chi connectivity index (χ1n) is 5.97. The average Bonchev–Trinajstić information content (AvgIpc) is 2.11. The van der Waals surface area contributed by atoms with Crippen LogP contribution in [0.1, 0.15) is 36.5 Å². The first-order valence-corrected chi connectivity index (χ1v) is 5.97. The Bertz CT molecular complexity index is 337. The van der Waals surface area contributed by atoms with Gasteiger partial charge in [-0.15, -0.1) is 0 Å². The topological polar surface area (TPSA) is 12.0 Å². The smallest absolute Gasteiger partial charge is 0.000506 e. The maximum Gasteiger partial charge on any atom is -0.000506 e. The van der Waals surface area contributed by atoms with E-state index in [0.29, 0.717) is 5.92 Å². The Morgan fingerprint density at radius 1 is 1.33 bits per heavy atom. The second kappa shape index (κ2) is 4.36. The van der Waals surface area contributed by atoms with Gasteiger partial charge in [0, 0.05) is 0 Å². The van der Waals surface area contributed by atoms with Gasteiger partial charge in [-0.05, 0) is 55.0 Å². The summed E-state index contributed by atoms with van der Waals surface area (Å²) in [4.78, 5) is 0. The summed E-state index contributed by atoms with van der Waals surface area (Å²) in [6.45, 7) is 9.16. The van der Waals surface area contributed by atoms with Crippen molar-refractivity contribution in [2.75, 3.05) is 13.1 Å². The molecule has 0 atom stereocenters. The molecule has 0 radical (unpaired) electrons. The summed E-state index contributed by atoms with van der Waals surface area (Å²) in [7, 11) is 0. The van der Waals surface area contributed by atoms with Crippen molar-refractivity contribution in [1.82, 2.24) is 5.32 Å². The van der Waals surface area contributed by atoms with Crippen molar-refractivity contribution in [1.29, 1.82) is 0 Å². The van der Waals surface area contributed by atoms with Gasteiger partial charge in [-0.2, -0.15) is 0 Å². The summed E-state index contributed by atoms with van der Waals surface area (Å²) in [6, 6.07) is 6.98. The number of hydrogen-bond acceptors (Lipinski definition) is 1. The number of rotatable bonds is 3. The van der Waals surface area contributed by atoms with Crippen LogP contribution in [0.5, 0.6) is 0 Å². The van der Waals surface area contributed by atoms with Gasteiger partial charge in [0.15, 0.2) is 0 Å². The molecule has 1 heterocycles. The summed E-state index contributed by atoms with van der Waals surface area (Å²) < 4.78 is 0. The molecular weight excluding hydrogens is 182 g/mol. The normalized spacial score (nSPS) is 16.8. The third-order valence-corrected chi connectivity index (χ3v) is 3.35. The molecule has 15 heavy (non-hydrogen) atoms. The second-order valence-electron chi connectivity index (χ2n) is 5.07. The van der Waals surface area contributed by atoms with Crippen molar-refractivity contribution in [3.63, 3.8) is 0 Å². The Morgan fingerprint density at radius 2 is 2.07 bits per heavy atom. The molecule has 1 aromatic carbocycles. The average molecular weight is 203 g/mol. The zero-order chi connectivity index (χ0) is 10.8. The molecule has 82 valence electrons. The van der Waals surface area contributed by atoms with E-state index in [0.717, 1.165) is 5.92 Å². The molecule has 1 nitrogen and oxygen atoms in total. The van der Waals surface area contributed by atoms with E-state index in [2.05, 4.69) is 44.3 Å². The molecule has 1 aliphatic rings. The second-order valence-corrected chi connectivity index (χ2v) is 5.07. The van der Waals surface area contributed by atoms with E-state index in [9.17, 15) is 0 Å². The summed E-state index contributed by atoms with van der Waals surface area (Å²) in [5.74, 6) is 1.51. The van der Waals surface area contributed by atoms with Gasteiger partial charge in [0.2, 0.25) is 0 Å². The molecule has 0 amide bonds. The third kappa shape index (κ3) is 2.40. The molecule has 0 aliphatic carbocycles. The Labute approximate surface area is 92.9 Å². The highest BCUT2D eigenvalue weighted by atomic mass is 14.9. The first kappa shape index (κ1) is 10.7. The molecule has 1 aliphatic heterocycles. The van der Waals surface area contributed by atoms with Crippen LogP contribution in [0, 0.1) is 12.8 Å². The van der Waals surface area contributed by atoms with E-state index < -0.39 is 0 Å². The molecular formula is C14H21N. The molecule has 1 saturated heterocycles. The highest BCUT2D eigenvalue weighted by Gasteiger charge is 2.17. The van der Waals surface area contributed by atoms with Crippen molar-refractivity contribution in [3.05, 3.63) is 34.9 Å². The van der Waals surface area contributed by atoms with E-state index in [1.54, 1.807) is 0 Å². The van der Waals surface area contributed by atoms with Crippen LogP contribution in [0.2, 0.25) is 0 Å². The lowest BCUT2D eigenvalue weighted by Crippen LogP contribution is -2.43. The number of benzene rings is 1. The SMILES string of the molecule is Cc1cc(CC2CNC2)ccc1C(C)C. The van der Waals surface area contributed by atoms with Crippen LogP contribution in [0.3, 0.4) is 0 Å². The number of hydrogen-bond donors (Lipinski definition) is 1. The van der Waals surface area contributed by atoms with Crippen molar-refractivity contribution >= 4 is 0 Å². The zero-order valence-electron chi connectivity index (χ0n) is 10.0. The van der Waals surface area contributed by atoms with Gasteiger partial charge in [-0.3, -0.25) is 0 Å². The molecule has 0 saturated carbocycles. The molecule has 0 spiro atoms. The lowest BCUT2D eigenvalue weighted by molar-refractivity contribution is 0.346. The van der Waals surface area contributed by atoms with Crippen LogP contribution in [0.4, 0.5) is 0 Å². The van der Waals surface area contributed by atoms with E-state index in [1.165, 1.54) is 36.2 Å². The third-order valence-electron chi connectivity index (χ3n) is 3.35. The molecule has 1 fully saturated rings. The molecule has 0 unspecified atom stereocenters. The fraction of sp³-hybridized carbons (Fsp3) is 0.571. The Kier molecular flexibility index (Phi) is 3.11. The van der Waals surface area contributed by atoms with E-state index in [-0.39, 0.29) is 0 Å². The van der Waals surface area contributed by atoms with Gasteiger partial charge in [-0.25, -0.2) is 0 Å². The van der Waals surface area contributed by atoms with Gasteiger partial charge >= 0.3 is 0 Å². The van der Waals surface area contributed by atoms with Crippen LogP contribution >= 0.6 is 0 Å². The van der Waals surface area contributed by atoms with E-state index >= 15 is 0 Å². The zero-order valence-corrected chi connectivity index (χ0v) is 10.0. The Hall–Kier alpha value is -0.820. The van der Waals surface area contributed by atoms with Crippen LogP contribution in [0.15, 0.2) is 18.2 Å². The molecule has 1 N–H and O–H groups in total. The molecule has 1 aromatic rings. The van der Waals surface area contributed by atoms with Gasteiger partial charge in [-0.1, -0.05) is 32.0 Å². The fourth-order valence-electron chi connectivity index (χ4n) is 2.34. The first-order chi connectivity index (χ1) is 7.16. The molecule has 2 rings (SSSR count). The lowest BCUT2D eigenvalue weighted by atomic mass is 9.90. The summed E-state index contributed by atoms with van der Waals surface area (Å²) in [5, 5.41) is 3.33. The van der Waals surface area contributed by atoms with Gasteiger partial charge < -0.3 is 5.32 Å². The van der Waals surface area contributed by atoms with Crippen LogP contribution in [0.25, 0.3) is 0 Å². The summed E-state index contributed by atoms with van der Waals surface area (Å²) in [5.41, 5.74) is 4.45. The standard InChI is InChI=1S/C14H21N/c1-10(2)14-5-4-12(6-11(14)3)7-13-8-15-9-13/h4-6,10,13,15H,7-9H2,1-3H3. The van der Waals surface area contributed by atoms with E-state index in [1.807, 2.05) is 0 Å². The number of nitrogens with one attached hydrogen (secondary N) is 1. The van der Waals surface area contributed by atoms with Crippen LogP contribution < -0.4 is 5.32 Å².